The van der Waals surface area contributed by atoms with Gasteiger partial charge in [-0.2, -0.15) is 0 Å². The molecule has 1 rings (SSSR count). The SMILES string of the molecule is CC(C)CNC(=O)CNC1CCCC(C)CC1. The quantitative estimate of drug-likeness (QED) is 0.724. The van der Waals surface area contributed by atoms with Gasteiger partial charge in [-0.05, 0) is 31.1 Å². The second-order valence-corrected chi connectivity index (χ2v) is 5.89. The molecule has 0 bridgehead atoms. The van der Waals surface area contributed by atoms with E-state index in [1.54, 1.807) is 0 Å². The summed E-state index contributed by atoms with van der Waals surface area (Å²) in [6.45, 7) is 7.81. The average Bonchev–Trinajstić information content (AvgIpc) is 2.48. The van der Waals surface area contributed by atoms with Crippen LogP contribution in [0.3, 0.4) is 0 Å². The molecule has 1 fully saturated rings. The molecule has 0 spiro atoms. The molecule has 0 radical (unpaired) electrons. The minimum absolute atomic E-state index is 0.135. The topological polar surface area (TPSA) is 41.1 Å². The van der Waals surface area contributed by atoms with Crippen LogP contribution in [0, 0.1) is 11.8 Å². The fraction of sp³-hybridized carbons (Fsp3) is 0.929. The molecule has 2 unspecified atom stereocenters. The fourth-order valence-electron chi connectivity index (χ4n) is 2.31. The van der Waals surface area contributed by atoms with Gasteiger partial charge in [-0.25, -0.2) is 0 Å². The Bertz CT molecular complexity index is 228. The van der Waals surface area contributed by atoms with E-state index in [0.717, 1.165) is 12.5 Å². The van der Waals surface area contributed by atoms with Crippen molar-refractivity contribution >= 4 is 5.91 Å². The highest BCUT2D eigenvalue weighted by Crippen LogP contribution is 2.22. The van der Waals surface area contributed by atoms with Crippen LogP contribution in [0.4, 0.5) is 0 Å². The Labute approximate surface area is 106 Å². The van der Waals surface area contributed by atoms with Crippen molar-refractivity contribution in [2.75, 3.05) is 13.1 Å². The fourth-order valence-corrected chi connectivity index (χ4v) is 2.31. The maximum Gasteiger partial charge on any atom is 0.233 e. The van der Waals surface area contributed by atoms with Crippen molar-refractivity contribution in [3.8, 4) is 0 Å². The number of amides is 1. The molecule has 3 nitrogen and oxygen atoms in total. The lowest BCUT2D eigenvalue weighted by Crippen LogP contribution is -2.40. The van der Waals surface area contributed by atoms with Crippen molar-refractivity contribution in [1.82, 2.24) is 10.6 Å². The first-order valence-electron chi connectivity index (χ1n) is 7.08. The number of rotatable bonds is 5. The van der Waals surface area contributed by atoms with Crippen LogP contribution in [0.5, 0.6) is 0 Å². The van der Waals surface area contributed by atoms with E-state index in [2.05, 4.69) is 31.4 Å². The van der Waals surface area contributed by atoms with E-state index in [1.807, 2.05) is 0 Å². The monoisotopic (exact) mass is 240 g/mol. The molecule has 2 atom stereocenters. The highest BCUT2D eigenvalue weighted by Gasteiger charge is 2.16. The third-order valence-corrected chi connectivity index (χ3v) is 3.52. The molecule has 1 aliphatic carbocycles. The summed E-state index contributed by atoms with van der Waals surface area (Å²) in [6.07, 6.45) is 6.38. The molecule has 17 heavy (non-hydrogen) atoms. The second kappa shape index (κ2) is 7.70. The predicted molar refractivity (Wildman–Crippen MR) is 71.9 cm³/mol. The zero-order valence-corrected chi connectivity index (χ0v) is 11.6. The second-order valence-electron chi connectivity index (χ2n) is 5.89. The summed E-state index contributed by atoms with van der Waals surface area (Å²) < 4.78 is 0. The minimum atomic E-state index is 0.135. The Morgan fingerprint density at radius 2 is 2.00 bits per heavy atom. The molecule has 1 aliphatic rings. The number of carbonyl (C=O) groups excluding carboxylic acids is 1. The van der Waals surface area contributed by atoms with Gasteiger partial charge < -0.3 is 10.6 Å². The summed E-state index contributed by atoms with van der Waals surface area (Å²) in [6, 6.07) is 0.546. The smallest absolute Gasteiger partial charge is 0.233 e. The molecule has 0 heterocycles. The largest absolute Gasteiger partial charge is 0.355 e. The maximum atomic E-state index is 11.6. The summed E-state index contributed by atoms with van der Waals surface area (Å²) in [4.78, 5) is 11.6. The number of nitrogens with one attached hydrogen (secondary N) is 2. The molecule has 0 aromatic rings. The van der Waals surface area contributed by atoms with E-state index in [9.17, 15) is 4.79 Å². The van der Waals surface area contributed by atoms with Crippen LogP contribution >= 0.6 is 0 Å². The van der Waals surface area contributed by atoms with Gasteiger partial charge in [-0.3, -0.25) is 4.79 Å². The molecule has 2 N–H and O–H groups in total. The molecule has 3 heteroatoms. The molecule has 0 saturated heterocycles. The lowest BCUT2D eigenvalue weighted by atomic mass is 10.0. The molecular weight excluding hydrogens is 212 g/mol. The summed E-state index contributed by atoms with van der Waals surface area (Å²) in [5.41, 5.74) is 0. The van der Waals surface area contributed by atoms with Crippen molar-refractivity contribution in [1.29, 1.82) is 0 Å². The number of hydrogen-bond acceptors (Lipinski definition) is 2. The van der Waals surface area contributed by atoms with E-state index in [0.29, 0.717) is 18.5 Å². The Morgan fingerprint density at radius 3 is 2.71 bits per heavy atom. The molecule has 1 saturated carbocycles. The van der Waals surface area contributed by atoms with Gasteiger partial charge in [0.2, 0.25) is 5.91 Å². The van der Waals surface area contributed by atoms with Crippen LogP contribution in [0.25, 0.3) is 0 Å². The van der Waals surface area contributed by atoms with Crippen LogP contribution in [0.1, 0.15) is 52.9 Å². The van der Waals surface area contributed by atoms with Crippen molar-refractivity contribution in [3.05, 3.63) is 0 Å². The zero-order chi connectivity index (χ0) is 12.7. The summed E-state index contributed by atoms with van der Waals surface area (Å²) >= 11 is 0. The normalized spacial score (nSPS) is 25.6. The van der Waals surface area contributed by atoms with Gasteiger partial charge in [0.15, 0.2) is 0 Å². The van der Waals surface area contributed by atoms with Crippen molar-refractivity contribution < 1.29 is 4.79 Å². The third-order valence-electron chi connectivity index (χ3n) is 3.52. The standard InChI is InChI=1S/C14H28N2O/c1-11(2)9-16-14(17)10-15-13-6-4-5-12(3)7-8-13/h11-13,15H,4-10H2,1-3H3,(H,16,17). The van der Waals surface area contributed by atoms with Crippen LogP contribution in [0.15, 0.2) is 0 Å². The number of hydrogen-bond donors (Lipinski definition) is 2. The van der Waals surface area contributed by atoms with Gasteiger partial charge in [0.25, 0.3) is 0 Å². The Morgan fingerprint density at radius 1 is 1.24 bits per heavy atom. The Hall–Kier alpha value is -0.570. The molecule has 1 amide bonds. The van der Waals surface area contributed by atoms with Gasteiger partial charge in [0.1, 0.15) is 0 Å². The first kappa shape index (κ1) is 14.5. The van der Waals surface area contributed by atoms with E-state index in [1.165, 1.54) is 32.1 Å². The molecular formula is C14H28N2O. The zero-order valence-electron chi connectivity index (χ0n) is 11.6. The predicted octanol–water partition coefficient (Wildman–Crippen LogP) is 2.32. The Kier molecular flexibility index (Phi) is 6.56. The van der Waals surface area contributed by atoms with Gasteiger partial charge in [0.05, 0.1) is 6.54 Å². The van der Waals surface area contributed by atoms with Crippen molar-refractivity contribution in [3.63, 3.8) is 0 Å². The first-order valence-corrected chi connectivity index (χ1v) is 7.08. The molecule has 0 aromatic heterocycles. The van der Waals surface area contributed by atoms with Crippen LogP contribution in [-0.2, 0) is 4.79 Å². The summed E-state index contributed by atoms with van der Waals surface area (Å²) in [7, 11) is 0. The van der Waals surface area contributed by atoms with E-state index in [4.69, 9.17) is 0 Å². The van der Waals surface area contributed by atoms with Gasteiger partial charge >= 0.3 is 0 Å². The lowest BCUT2D eigenvalue weighted by molar-refractivity contribution is -0.120. The van der Waals surface area contributed by atoms with E-state index in [-0.39, 0.29) is 5.91 Å². The highest BCUT2D eigenvalue weighted by atomic mass is 16.1. The van der Waals surface area contributed by atoms with Gasteiger partial charge in [-0.15, -0.1) is 0 Å². The average molecular weight is 240 g/mol. The third kappa shape index (κ3) is 6.67. The van der Waals surface area contributed by atoms with Crippen molar-refractivity contribution in [2.45, 2.75) is 58.9 Å². The summed E-state index contributed by atoms with van der Waals surface area (Å²) in [5.74, 6) is 1.52. The minimum Gasteiger partial charge on any atom is -0.355 e. The highest BCUT2D eigenvalue weighted by molar-refractivity contribution is 5.77. The van der Waals surface area contributed by atoms with Crippen LogP contribution in [0.2, 0.25) is 0 Å². The molecule has 0 aliphatic heterocycles. The van der Waals surface area contributed by atoms with Crippen molar-refractivity contribution in [2.24, 2.45) is 11.8 Å². The van der Waals surface area contributed by atoms with Crippen LogP contribution in [-0.4, -0.2) is 25.0 Å². The van der Waals surface area contributed by atoms with E-state index < -0.39 is 0 Å². The maximum absolute atomic E-state index is 11.6. The van der Waals surface area contributed by atoms with E-state index >= 15 is 0 Å². The molecule has 100 valence electrons. The van der Waals surface area contributed by atoms with Gasteiger partial charge in [0, 0.05) is 12.6 Å². The van der Waals surface area contributed by atoms with Gasteiger partial charge in [-0.1, -0.05) is 33.6 Å². The molecule has 0 aromatic carbocycles. The first-order chi connectivity index (χ1) is 8.08. The summed E-state index contributed by atoms with van der Waals surface area (Å²) in [5, 5.41) is 6.34. The lowest BCUT2D eigenvalue weighted by Gasteiger charge is -2.16. The Balaban J connectivity index is 2.14. The number of carbonyl (C=O) groups is 1. The van der Waals surface area contributed by atoms with Crippen LogP contribution < -0.4 is 10.6 Å².